The summed E-state index contributed by atoms with van der Waals surface area (Å²) in [5.41, 5.74) is -0.364. The zero-order valence-corrected chi connectivity index (χ0v) is 17.0. The fourth-order valence-corrected chi connectivity index (χ4v) is 3.35. The summed E-state index contributed by atoms with van der Waals surface area (Å²) in [7, 11) is 2.02. The van der Waals surface area contributed by atoms with Crippen LogP contribution in [0.2, 0.25) is 0 Å². The normalized spacial score (nSPS) is 12.2. The van der Waals surface area contributed by atoms with Gasteiger partial charge in [0.15, 0.2) is 5.96 Å². The van der Waals surface area contributed by atoms with Crippen molar-refractivity contribution in [2.24, 2.45) is 10.4 Å². The van der Waals surface area contributed by atoms with Gasteiger partial charge in [-0.25, -0.2) is 0 Å². The molecule has 0 spiro atoms. The molecule has 1 rings (SSSR count). The third-order valence-electron chi connectivity index (χ3n) is 3.06. The Kier molecular flexibility index (Phi) is 8.05. The molecule has 0 unspecified atom stereocenters. The van der Waals surface area contributed by atoms with E-state index in [-0.39, 0.29) is 11.3 Å². The SMILES string of the molecule is CCNC(=NCCNC(=O)C(C)(C)C)N(C)Cc1ccc(Br)s1. The number of carbonyl (C=O) groups is 1. The molecule has 2 N–H and O–H groups in total. The number of hydrogen-bond acceptors (Lipinski definition) is 3. The molecule has 1 amide bonds. The van der Waals surface area contributed by atoms with Crippen LogP contribution in [0, 0.1) is 5.41 Å². The van der Waals surface area contributed by atoms with Gasteiger partial charge in [-0.05, 0) is 35.0 Å². The number of halogens is 1. The first kappa shape index (κ1) is 20.0. The summed E-state index contributed by atoms with van der Waals surface area (Å²) in [6.45, 7) is 10.5. The van der Waals surface area contributed by atoms with Crippen LogP contribution < -0.4 is 10.6 Å². The van der Waals surface area contributed by atoms with Crippen LogP contribution in [0.15, 0.2) is 20.9 Å². The second-order valence-electron chi connectivity index (χ2n) is 6.30. The Morgan fingerprint density at radius 1 is 1.35 bits per heavy atom. The molecule has 0 bridgehead atoms. The Balaban J connectivity index is 2.53. The van der Waals surface area contributed by atoms with Crippen molar-refractivity contribution in [1.29, 1.82) is 0 Å². The predicted octanol–water partition coefficient (Wildman–Crippen LogP) is 3.07. The van der Waals surface area contributed by atoms with Crippen molar-refractivity contribution in [3.8, 4) is 0 Å². The van der Waals surface area contributed by atoms with Gasteiger partial charge in [0, 0.05) is 30.4 Å². The predicted molar refractivity (Wildman–Crippen MR) is 102 cm³/mol. The van der Waals surface area contributed by atoms with Crippen LogP contribution in [0.3, 0.4) is 0 Å². The highest BCUT2D eigenvalue weighted by Crippen LogP contribution is 2.22. The van der Waals surface area contributed by atoms with E-state index in [0.29, 0.717) is 13.1 Å². The largest absolute Gasteiger partial charge is 0.357 e. The van der Waals surface area contributed by atoms with Gasteiger partial charge in [-0.1, -0.05) is 20.8 Å². The number of amides is 1. The molecule has 0 aliphatic rings. The van der Waals surface area contributed by atoms with Gasteiger partial charge in [0.1, 0.15) is 0 Å². The molecule has 0 aromatic carbocycles. The molecule has 0 atom stereocenters. The third kappa shape index (κ3) is 7.35. The minimum absolute atomic E-state index is 0.0505. The van der Waals surface area contributed by atoms with Crippen molar-refractivity contribution in [2.75, 3.05) is 26.7 Å². The molecule has 0 radical (unpaired) electrons. The number of hydrogen-bond donors (Lipinski definition) is 2. The second-order valence-corrected chi connectivity index (χ2v) is 8.85. The van der Waals surface area contributed by atoms with E-state index in [9.17, 15) is 4.79 Å². The molecular formula is C16H27BrN4OS. The second kappa shape index (κ2) is 9.27. The number of guanidine groups is 1. The van der Waals surface area contributed by atoms with E-state index in [1.165, 1.54) is 4.88 Å². The Morgan fingerprint density at radius 2 is 2.04 bits per heavy atom. The van der Waals surface area contributed by atoms with Gasteiger partial charge < -0.3 is 15.5 Å². The van der Waals surface area contributed by atoms with E-state index in [0.717, 1.165) is 22.8 Å². The van der Waals surface area contributed by atoms with Gasteiger partial charge >= 0.3 is 0 Å². The van der Waals surface area contributed by atoms with Crippen LogP contribution in [0.4, 0.5) is 0 Å². The van der Waals surface area contributed by atoms with Gasteiger partial charge in [-0.3, -0.25) is 9.79 Å². The average molecular weight is 403 g/mol. The van der Waals surface area contributed by atoms with Crippen molar-refractivity contribution in [2.45, 2.75) is 34.2 Å². The number of aliphatic imine (C=N–C) groups is 1. The summed E-state index contributed by atoms with van der Waals surface area (Å²) in [6.07, 6.45) is 0. The van der Waals surface area contributed by atoms with Crippen molar-refractivity contribution in [3.05, 3.63) is 20.8 Å². The van der Waals surface area contributed by atoms with Crippen LogP contribution >= 0.6 is 27.3 Å². The number of nitrogens with zero attached hydrogens (tertiary/aromatic N) is 2. The fraction of sp³-hybridized carbons (Fsp3) is 0.625. The highest BCUT2D eigenvalue weighted by molar-refractivity contribution is 9.11. The Labute approximate surface area is 151 Å². The van der Waals surface area contributed by atoms with E-state index in [1.807, 2.05) is 34.7 Å². The Bertz CT molecular complexity index is 536. The van der Waals surface area contributed by atoms with Crippen LogP contribution in [0.5, 0.6) is 0 Å². The lowest BCUT2D eigenvalue weighted by molar-refractivity contribution is -0.128. The number of thiophene rings is 1. The van der Waals surface area contributed by atoms with Gasteiger partial charge in [0.05, 0.1) is 16.9 Å². The lowest BCUT2D eigenvalue weighted by Gasteiger charge is -2.21. The summed E-state index contributed by atoms with van der Waals surface area (Å²) >= 11 is 5.21. The van der Waals surface area contributed by atoms with Crippen molar-refractivity contribution < 1.29 is 4.79 Å². The van der Waals surface area contributed by atoms with E-state index in [4.69, 9.17) is 0 Å². The first-order valence-corrected chi connectivity index (χ1v) is 9.37. The average Bonchev–Trinajstić information content (AvgIpc) is 2.86. The molecule has 1 heterocycles. The number of rotatable bonds is 6. The van der Waals surface area contributed by atoms with Crippen molar-refractivity contribution in [1.82, 2.24) is 15.5 Å². The molecule has 0 saturated heterocycles. The Morgan fingerprint density at radius 3 is 2.57 bits per heavy atom. The smallest absolute Gasteiger partial charge is 0.225 e. The minimum Gasteiger partial charge on any atom is -0.357 e. The Hall–Kier alpha value is -1.08. The fourth-order valence-electron chi connectivity index (χ4n) is 1.81. The summed E-state index contributed by atoms with van der Waals surface area (Å²) in [5.74, 6) is 0.900. The van der Waals surface area contributed by atoms with Crippen molar-refractivity contribution in [3.63, 3.8) is 0 Å². The molecule has 1 aromatic heterocycles. The summed E-state index contributed by atoms with van der Waals surface area (Å²) in [4.78, 5) is 19.8. The first-order chi connectivity index (χ1) is 10.7. The van der Waals surface area contributed by atoms with Gasteiger partial charge in [0.25, 0.3) is 0 Å². The van der Waals surface area contributed by atoms with Gasteiger partial charge in [0.2, 0.25) is 5.91 Å². The van der Waals surface area contributed by atoms with Crippen LogP contribution in [0.25, 0.3) is 0 Å². The maximum atomic E-state index is 11.8. The van der Waals surface area contributed by atoms with E-state index >= 15 is 0 Å². The monoisotopic (exact) mass is 402 g/mol. The molecule has 0 aliphatic carbocycles. The number of nitrogens with one attached hydrogen (secondary N) is 2. The number of carbonyl (C=O) groups excluding carboxylic acids is 1. The lowest BCUT2D eigenvalue weighted by Crippen LogP contribution is -2.40. The first-order valence-electron chi connectivity index (χ1n) is 7.76. The quantitative estimate of drug-likeness (QED) is 0.436. The highest BCUT2D eigenvalue weighted by Gasteiger charge is 2.20. The molecule has 0 fully saturated rings. The van der Waals surface area contributed by atoms with Crippen LogP contribution in [-0.4, -0.2) is 43.4 Å². The van der Waals surface area contributed by atoms with Crippen molar-refractivity contribution >= 4 is 39.1 Å². The zero-order valence-electron chi connectivity index (χ0n) is 14.6. The molecule has 0 saturated carbocycles. The molecule has 130 valence electrons. The summed E-state index contributed by atoms with van der Waals surface area (Å²) in [5, 5.41) is 6.20. The lowest BCUT2D eigenvalue weighted by atomic mass is 9.96. The maximum absolute atomic E-state index is 11.8. The van der Waals surface area contributed by atoms with E-state index in [1.54, 1.807) is 11.3 Å². The van der Waals surface area contributed by atoms with E-state index < -0.39 is 0 Å². The molecule has 5 nitrogen and oxygen atoms in total. The highest BCUT2D eigenvalue weighted by atomic mass is 79.9. The molecular weight excluding hydrogens is 376 g/mol. The standard InChI is InChI=1S/C16H27BrN4OS/c1-6-18-15(20-10-9-19-14(22)16(2,3)4)21(5)11-12-7-8-13(17)23-12/h7-8H,6,9-11H2,1-5H3,(H,18,20)(H,19,22). The maximum Gasteiger partial charge on any atom is 0.225 e. The zero-order chi connectivity index (χ0) is 17.5. The minimum atomic E-state index is -0.364. The third-order valence-corrected chi connectivity index (χ3v) is 4.67. The molecule has 7 heteroatoms. The summed E-state index contributed by atoms with van der Waals surface area (Å²) < 4.78 is 1.13. The van der Waals surface area contributed by atoms with E-state index in [2.05, 4.69) is 48.6 Å². The van der Waals surface area contributed by atoms with Crippen LogP contribution in [0.1, 0.15) is 32.6 Å². The topological polar surface area (TPSA) is 56.7 Å². The molecule has 23 heavy (non-hydrogen) atoms. The molecule has 1 aromatic rings. The van der Waals surface area contributed by atoms with Crippen LogP contribution in [-0.2, 0) is 11.3 Å². The molecule has 0 aliphatic heterocycles. The van der Waals surface area contributed by atoms with Gasteiger partial charge in [-0.2, -0.15) is 0 Å². The summed E-state index contributed by atoms with van der Waals surface area (Å²) in [6, 6.07) is 4.16. The van der Waals surface area contributed by atoms with Gasteiger partial charge in [-0.15, -0.1) is 11.3 Å².